The van der Waals surface area contributed by atoms with E-state index in [9.17, 15) is 13.5 Å². The molecule has 2 aliphatic rings. The van der Waals surface area contributed by atoms with Gasteiger partial charge in [0.05, 0.1) is 18.0 Å². The van der Waals surface area contributed by atoms with E-state index < -0.39 is 16.1 Å². The van der Waals surface area contributed by atoms with E-state index in [-0.39, 0.29) is 6.04 Å². The van der Waals surface area contributed by atoms with E-state index in [2.05, 4.69) is 41.8 Å². The Morgan fingerprint density at radius 2 is 1.71 bits per heavy atom. The highest BCUT2D eigenvalue weighted by Crippen LogP contribution is 2.36. The fourth-order valence-electron chi connectivity index (χ4n) is 5.02. The highest BCUT2D eigenvalue weighted by molar-refractivity contribution is 7.92. The maximum Gasteiger partial charge on any atom is 0.232 e. The van der Waals surface area contributed by atoms with Crippen LogP contribution in [-0.2, 0) is 16.4 Å². The lowest BCUT2D eigenvalue weighted by Crippen LogP contribution is -2.47. The number of benzene rings is 2. The number of hydrogen-bond acceptors (Lipinski definition) is 5. The molecule has 0 aromatic heterocycles. The van der Waals surface area contributed by atoms with Crippen molar-refractivity contribution in [1.29, 1.82) is 0 Å². The Kier molecular flexibility index (Phi) is 6.03. The second-order valence-corrected chi connectivity index (χ2v) is 11.0. The third-order valence-corrected chi connectivity index (χ3v) is 7.77. The Hall–Kier alpha value is -2.09. The first-order valence-corrected chi connectivity index (χ1v) is 12.8. The second kappa shape index (κ2) is 8.45. The smallest absolute Gasteiger partial charge is 0.232 e. The SMILES string of the molecule is Cc1ccc(N2CCN(C[C@H](O)c3ccc4c(c3)C[C@@H](C)N4S(C)(=O)=O)CC2)c(C)c1. The largest absolute Gasteiger partial charge is 0.387 e. The summed E-state index contributed by atoms with van der Waals surface area (Å²) in [6, 6.07) is 12.2. The van der Waals surface area contributed by atoms with Gasteiger partial charge < -0.3 is 10.0 Å². The molecule has 1 fully saturated rings. The van der Waals surface area contributed by atoms with E-state index in [1.807, 2.05) is 25.1 Å². The topological polar surface area (TPSA) is 64.1 Å². The second-order valence-electron chi connectivity index (χ2n) is 9.09. The van der Waals surface area contributed by atoms with Crippen molar-refractivity contribution in [2.45, 2.75) is 39.3 Å². The number of β-amino-alcohol motifs (C(OH)–C–C–N with tert-alkyl or cyclic N) is 1. The Bertz CT molecular complexity index is 1060. The first kappa shape index (κ1) is 22.1. The number of aryl methyl sites for hydroxylation is 2. The summed E-state index contributed by atoms with van der Waals surface area (Å²) in [6.07, 6.45) is 1.34. The fourth-order valence-corrected chi connectivity index (χ4v) is 6.28. The van der Waals surface area contributed by atoms with Crippen molar-refractivity contribution >= 4 is 21.4 Å². The quantitative estimate of drug-likeness (QED) is 0.770. The molecule has 7 heteroatoms. The molecule has 31 heavy (non-hydrogen) atoms. The van der Waals surface area contributed by atoms with Gasteiger partial charge in [-0.1, -0.05) is 29.8 Å². The van der Waals surface area contributed by atoms with Crippen LogP contribution in [0.1, 0.15) is 35.3 Å². The van der Waals surface area contributed by atoms with E-state index in [1.54, 1.807) is 0 Å². The number of fused-ring (bicyclic) bond motifs is 1. The summed E-state index contributed by atoms with van der Waals surface area (Å²) in [5, 5.41) is 10.9. The lowest BCUT2D eigenvalue weighted by atomic mass is 10.0. The Morgan fingerprint density at radius 1 is 1.03 bits per heavy atom. The molecule has 0 unspecified atom stereocenters. The molecule has 2 aromatic rings. The molecule has 0 spiro atoms. The third kappa shape index (κ3) is 4.59. The monoisotopic (exact) mass is 443 g/mol. The zero-order valence-electron chi connectivity index (χ0n) is 18.9. The first-order chi connectivity index (χ1) is 14.6. The van der Waals surface area contributed by atoms with Crippen molar-refractivity contribution in [3.05, 3.63) is 58.7 Å². The van der Waals surface area contributed by atoms with Gasteiger partial charge in [-0.15, -0.1) is 0 Å². The predicted molar refractivity (Wildman–Crippen MR) is 126 cm³/mol. The van der Waals surface area contributed by atoms with Crippen LogP contribution in [0.15, 0.2) is 36.4 Å². The number of rotatable bonds is 5. The molecule has 2 aromatic carbocycles. The van der Waals surface area contributed by atoms with Crippen LogP contribution in [0.5, 0.6) is 0 Å². The van der Waals surface area contributed by atoms with Crippen LogP contribution in [0.4, 0.5) is 11.4 Å². The average molecular weight is 444 g/mol. The minimum Gasteiger partial charge on any atom is -0.387 e. The van der Waals surface area contributed by atoms with E-state index in [0.717, 1.165) is 43.0 Å². The van der Waals surface area contributed by atoms with Crippen molar-refractivity contribution in [3.8, 4) is 0 Å². The van der Waals surface area contributed by atoms with Crippen molar-refractivity contribution in [2.24, 2.45) is 0 Å². The third-order valence-electron chi connectivity index (χ3n) is 6.50. The zero-order chi connectivity index (χ0) is 22.3. The van der Waals surface area contributed by atoms with Crippen LogP contribution >= 0.6 is 0 Å². The lowest BCUT2D eigenvalue weighted by molar-refractivity contribution is 0.109. The summed E-state index contributed by atoms with van der Waals surface area (Å²) in [7, 11) is -3.30. The molecule has 0 saturated carbocycles. The standard InChI is InChI=1S/C24H33N3O3S/c1-17-5-7-22(18(2)13-17)26-11-9-25(10-12-26)16-24(28)20-6-8-23-21(15-20)14-19(3)27(23)31(4,29)30/h5-8,13,15,19,24,28H,9-12,14,16H2,1-4H3/t19-,24+/m1/s1. The van der Waals surface area contributed by atoms with Gasteiger partial charge in [-0.25, -0.2) is 8.42 Å². The number of aliphatic hydroxyl groups excluding tert-OH is 1. The van der Waals surface area contributed by atoms with Crippen LogP contribution in [0, 0.1) is 13.8 Å². The highest BCUT2D eigenvalue weighted by Gasteiger charge is 2.33. The number of nitrogens with zero attached hydrogens (tertiary/aromatic N) is 3. The van der Waals surface area contributed by atoms with Gasteiger partial charge in [0.15, 0.2) is 0 Å². The molecular formula is C24H33N3O3S. The van der Waals surface area contributed by atoms with Gasteiger partial charge in [0.25, 0.3) is 0 Å². The maximum absolute atomic E-state index is 12.1. The maximum atomic E-state index is 12.1. The summed E-state index contributed by atoms with van der Waals surface area (Å²) >= 11 is 0. The first-order valence-electron chi connectivity index (χ1n) is 11.0. The van der Waals surface area contributed by atoms with Gasteiger partial charge in [-0.05, 0) is 56.0 Å². The summed E-state index contributed by atoms with van der Waals surface area (Å²) in [6.45, 7) is 10.5. The van der Waals surface area contributed by atoms with Gasteiger partial charge in [0.2, 0.25) is 10.0 Å². The summed E-state index contributed by atoms with van der Waals surface area (Å²) in [5.41, 5.74) is 6.49. The number of hydrogen-bond donors (Lipinski definition) is 1. The molecule has 0 aliphatic carbocycles. The minimum absolute atomic E-state index is 0.0873. The van der Waals surface area contributed by atoms with Gasteiger partial charge in [0, 0.05) is 44.5 Å². The lowest BCUT2D eigenvalue weighted by Gasteiger charge is -2.37. The predicted octanol–water partition coefficient (Wildman–Crippen LogP) is 2.87. The summed E-state index contributed by atoms with van der Waals surface area (Å²) in [5.74, 6) is 0. The van der Waals surface area contributed by atoms with Crippen LogP contribution in [0.25, 0.3) is 0 Å². The molecule has 0 bridgehead atoms. The Morgan fingerprint density at radius 3 is 2.35 bits per heavy atom. The Balaban J connectivity index is 1.39. The molecule has 1 saturated heterocycles. The van der Waals surface area contributed by atoms with Gasteiger partial charge in [0.1, 0.15) is 0 Å². The summed E-state index contributed by atoms with van der Waals surface area (Å²) < 4.78 is 25.7. The molecule has 2 heterocycles. The molecular weight excluding hydrogens is 410 g/mol. The number of sulfonamides is 1. The molecule has 0 radical (unpaired) electrons. The van der Waals surface area contributed by atoms with E-state index >= 15 is 0 Å². The van der Waals surface area contributed by atoms with Gasteiger partial charge in [-0.2, -0.15) is 0 Å². The van der Waals surface area contributed by atoms with Gasteiger partial charge in [-0.3, -0.25) is 9.21 Å². The molecule has 168 valence electrons. The number of piperazine rings is 1. The van der Waals surface area contributed by atoms with Crippen molar-refractivity contribution in [2.75, 3.05) is 48.2 Å². The van der Waals surface area contributed by atoms with Crippen molar-refractivity contribution < 1.29 is 13.5 Å². The molecule has 2 aliphatic heterocycles. The molecule has 4 rings (SSSR count). The van der Waals surface area contributed by atoms with Gasteiger partial charge >= 0.3 is 0 Å². The fraction of sp³-hybridized carbons (Fsp3) is 0.500. The number of anilines is 2. The molecule has 2 atom stereocenters. The normalized spacial score (nSPS) is 20.7. The average Bonchev–Trinajstić information content (AvgIpc) is 3.04. The molecule has 1 N–H and O–H groups in total. The minimum atomic E-state index is -3.30. The van der Waals surface area contributed by atoms with Crippen LogP contribution < -0.4 is 9.21 Å². The van der Waals surface area contributed by atoms with E-state index in [0.29, 0.717) is 13.0 Å². The Labute approximate surface area is 186 Å². The highest BCUT2D eigenvalue weighted by atomic mass is 32.2. The number of aliphatic hydroxyl groups is 1. The van der Waals surface area contributed by atoms with Crippen LogP contribution in [0.3, 0.4) is 0 Å². The molecule has 0 amide bonds. The van der Waals surface area contributed by atoms with Crippen molar-refractivity contribution in [1.82, 2.24) is 4.90 Å². The van der Waals surface area contributed by atoms with E-state index in [4.69, 9.17) is 0 Å². The van der Waals surface area contributed by atoms with E-state index in [1.165, 1.54) is 27.4 Å². The summed E-state index contributed by atoms with van der Waals surface area (Å²) in [4.78, 5) is 4.73. The van der Waals surface area contributed by atoms with Crippen LogP contribution in [0.2, 0.25) is 0 Å². The van der Waals surface area contributed by atoms with Crippen LogP contribution in [-0.4, -0.2) is 63.4 Å². The van der Waals surface area contributed by atoms with Crippen molar-refractivity contribution in [3.63, 3.8) is 0 Å². The zero-order valence-corrected chi connectivity index (χ0v) is 19.7. The molecule has 6 nitrogen and oxygen atoms in total.